The number of benzene rings is 1. The summed E-state index contributed by atoms with van der Waals surface area (Å²) in [5.41, 5.74) is 1.03. The molecule has 0 spiro atoms. The zero-order valence-corrected chi connectivity index (χ0v) is 20.9. The van der Waals surface area contributed by atoms with Crippen LogP contribution in [-0.2, 0) is 23.7 Å². The third-order valence-electron chi connectivity index (χ3n) is 8.21. The van der Waals surface area contributed by atoms with E-state index in [-0.39, 0.29) is 24.2 Å². The SMILES string of the molecule is OC[C@H]1O[C@@H](O[C@H]2[C@H](O)[C@@H](O)[C@H](O[C@H]3C[C@H](c4ccccc4)O[C@@H]4CCC[C@@H]34)O[C@@H]2CO)[C@H](O)[C@@H](O)[C@@H]1O. The van der Waals surface area contributed by atoms with Crippen LogP contribution in [0.4, 0.5) is 0 Å². The fourth-order valence-electron chi connectivity index (χ4n) is 6.08. The van der Waals surface area contributed by atoms with Gasteiger partial charge >= 0.3 is 0 Å². The van der Waals surface area contributed by atoms with Gasteiger partial charge in [0.25, 0.3) is 0 Å². The van der Waals surface area contributed by atoms with Crippen LogP contribution in [0.5, 0.6) is 0 Å². The molecule has 0 unspecified atom stereocenters. The number of hydrogen-bond acceptors (Lipinski definition) is 12. The van der Waals surface area contributed by atoms with Crippen molar-refractivity contribution in [2.45, 2.75) is 105 Å². The van der Waals surface area contributed by atoms with E-state index in [0.29, 0.717) is 6.42 Å². The van der Waals surface area contributed by atoms with Crippen molar-refractivity contribution in [3.63, 3.8) is 0 Å². The first kappa shape index (κ1) is 28.3. The van der Waals surface area contributed by atoms with Crippen LogP contribution in [0.15, 0.2) is 30.3 Å². The number of hydrogen-bond donors (Lipinski definition) is 7. The van der Waals surface area contributed by atoms with Crippen molar-refractivity contribution in [1.29, 1.82) is 0 Å². The van der Waals surface area contributed by atoms with Crippen molar-refractivity contribution >= 4 is 0 Å². The Bertz CT molecular complexity index is 886. The second-order valence-corrected chi connectivity index (χ2v) is 10.6. The van der Waals surface area contributed by atoms with Gasteiger partial charge in [-0.15, -0.1) is 0 Å². The molecule has 38 heavy (non-hydrogen) atoms. The molecule has 1 saturated carbocycles. The third kappa shape index (κ3) is 5.51. The minimum atomic E-state index is -1.72. The molecule has 4 fully saturated rings. The molecule has 0 amide bonds. The Morgan fingerprint density at radius 3 is 2.08 bits per heavy atom. The monoisotopic (exact) mass is 542 g/mol. The minimum absolute atomic E-state index is 0.000482. The van der Waals surface area contributed by atoms with Crippen LogP contribution < -0.4 is 0 Å². The van der Waals surface area contributed by atoms with Gasteiger partial charge in [-0.2, -0.15) is 0 Å². The van der Waals surface area contributed by atoms with Gasteiger partial charge in [-0.05, 0) is 18.4 Å². The molecule has 12 nitrogen and oxygen atoms in total. The van der Waals surface area contributed by atoms with Gasteiger partial charge in [0.15, 0.2) is 12.6 Å². The first-order chi connectivity index (χ1) is 18.3. The summed E-state index contributed by atoms with van der Waals surface area (Å²) in [5.74, 6) is 0.0959. The van der Waals surface area contributed by atoms with Gasteiger partial charge in [0.1, 0.15) is 48.8 Å². The van der Waals surface area contributed by atoms with Crippen LogP contribution in [0.3, 0.4) is 0 Å². The highest BCUT2D eigenvalue weighted by Gasteiger charge is 2.52. The largest absolute Gasteiger partial charge is 0.394 e. The Labute approximate surface area is 220 Å². The number of ether oxygens (including phenoxy) is 5. The predicted molar refractivity (Wildman–Crippen MR) is 127 cm³/mol. The van der Waals surface area contributed by atoms with Crippen LogP contribution in [0.1, 0.15) is 37.4 Å². The van der Waals surface area contributed by atoms with Crippen molar-refractivity contribution in [2.24, 2.45) is 5.92 Å². The second-order valence-electron chi connectivity index (χ2n) is 10.6. The first-order valence-corrected chi connectivity index (χ1v) is 13.3. The Morgan fingerprint density at radius 2 is 1.37 bits per heavy atom. The summed E-state index contributed by atoms with van der Waals surface area (Å²) in [6.45, 7) is -1.27. The second kappa shape index (κ2) is 12.1. The van der Waals surface area contributed by atoms with E-state index in [9.17, 15) is 35.7 Å². The highest BCUT2D eigenvalue weighted by molar-refractivity contribution is 5.19. The third-order valence-corrected chi connectivity index (χ3v) is 8.21. The van der Waals surface area contributed by atoms with E-state index in [1.807, 2.05) is 30.3 Å². The molecule has 0 aromatic heterocycles. The summed E-state index contributed by atoms with van der Waals surface area (Å²) in [6.07, 6.45) is -12.0. The Morgan fingerprint density at radius 1 is 0.711 bits per heavy atom. The molecule has 214 valence electrons. The molecule has 0 radical (unpaired) electrons. The van der Waals surface area contributed by atoms with E-state index < -0.39 is 74.6 Å². The summed E-state index contributed by atoms with van der Waals surface area (Å²) in [4.78, 5) is 0. The zero-order chi connectivity index (χ0) is 27.0. The molecule has 7 N–H and O–H groups in total. The van der Waals surface area contributed by atoms with Crippen LogP contribution >= 0.6 is 0 Å². The van der Waals surface area contributed by atoms with Crippen molar-refractivity contribution in [1.82, 2.24) is 0 Å². The Kier molecular flexibility index (Phi) is 8.99. The number of aliphatic hydroxyl groups is 7. The molecular formula is C26H38O12. The van der Waals surface area contributed by atoms with Gasteiger partial charge in [0, 0.05) is 12.3 Å². The molecule has 1 aromatic carbocycles. The summed E-state index contributed by atoms with van der Waals surface area (Å²) in [5, 5.41) is 71.7. The lowest BCUT2D eigenvalue weighted by atomic mass is 9.88. The standard InChI is InChI=1S/C26H38O12/c27-10-17-19(29)20(30)22(32)26(36-17)38-24-18(11-28)37-25(23(33)21(24)31)35-16-9-15(12-5-2-1-3-6-12)34-14-8-4-7-13(14)16/h1-3,5-6,13-33H,4,7-11H2/t13-,14-,15-,16+,17-,18-,19-,20+,21-,22-,23-,24-,25-,26+/m1/s1. The van der Waals surface area contributed by atoms with Crippen molar-refractivity contribution < 1.29 is 59.4 Å². The van der Waals surface area contributed by atoms with E-state index in [1.54, 1.807) is 0 Å². The molecule has 3 heterocycles. The van der Waals surface area contributed by atoms with Gasteiger partial charge < -0.3 is 59.4 Å². The van der Waals surface area contributed by atoms with Gasteiger partial charge in [0.2, 0.25) is 0 Å². The average molecular weight is 543 g/mol. The maximum atomic E-state index is 10.9. The van der Waals surface area contributed by atoms with Gasteiger partial charge in [-0.1, -0.05) is 36.8 Å². The normalized spacial score (nSPS) is 47.6. The topological polar surface area (TPSA) is 188 Å². The smallest absolute Gasteiger partial charge is 0.187 e. The van der Waals surface area contributed by atoms with Crippen LogP contribution in [0, 0.1) is 5.92 Å². The summed E-state index contributed by atoms with van der Waals surface area (Å²) < 4.78 is 29.5. The van der Waals surface area contributed by atoms with Crippen molar-refractivity contribution in [2.75, 3.05) is 13.2 Å². The Hall–Kier alpha value is -1.26. The lowest BCUT2D eigenvalue weighted by Crippen LogP contribution is -2.65. The molecule has 4 aliphatic rings. The molecule has 5 rings (SSSR count). The predicted octanol–water partition coefficient (Wildman–Crippen LogP) is -1.67. The van der Waals surface area contributed by atoms with Crippen molar-refractivity contribution in [3.05, 3.63) is 35.9 Å². The van der Waals surface area contributed by atoms with E-state index in [2.05, 4.69) is 0 Å². The van der Waals surface area contributed by atoms with Gasteiger partial charge in [-0.25, -0.2) is 0 Å². The molecular weight excluding hydrogens is 504 g/mol. The fraction of sp³-hybridized carbons (Fsp3) is 0.769. The lowest BCUT2D eigenvalue weighted by molar-refractivity contribution is -0.366. The quantitative estimate of drug-likeness (QED) is 0.208. The van der Waals surface area contributed by atoms with E-state index >= 15 is 0 Å². The van der Waals surface area contributed by atoms with Crippen LogP contribution in [0.2, 0.25) is 0 Å². The molecule has 3 saturated heterocycles. The molecule has 1 aliphatic carbocycles. The molecule has 1 aromatic rings. The maximum absolute atomic E-state index is 10.9. The van der Waals surface area contributed by atoms with Gasteiger partial charge in [0.05, 0.1) is 31.5 Å². The number of aliphatic hydroxyl groups excluding tert-OH is 7. The van der Waals surface area contributed by atoms with Crippen molar-refractivity contribution in [3.8, 4) is 0 Å². The lowest BCUT2D eigenvalue weighted by Gasteiger charge is -2.47. The highest BCUT2D eigenvalue weighted by Crippen LogP contribution is 2.45. The zero-order valence-electron chi connectivity index (χ0n) is 20.9. The van der Waals surface area contributed by atoms with Gasteiger partial charge in [-0.3, -0.25) is 0 Å². The maximum Gasteiger partial charge on any atom is 0.187 e. The summed E-state index contributed by atoms with van der Waals surface area (Å²) >= 11 is 0. The first-order valence-electron chi connectivity index (χ1n) is 13.3. The molecule has 3 aliphatic heterocycles. The summed E-state index contributed by atoms with van der Waals surface area (Å²) in [6, 6.07) is 9.82. The van der Waals surface area contributed by atoms with E-state index in [4.69, 9.17) is 23.7 Å². The number of fused-ring (bicyclic) bond motifs is 1. The van der Waals surface area contributed by atoms with Crippen LogP contribution in [-0.4, -0.2) is 123 Å². The fourth-order valence-corrected chi connectivity index (χ4v) is 6.08. The van der Waals surface area contributed by atoms with E-state index in [0.717, 1.165) is 24.8 Å². The summed E-state index contributed by atoms with van der Waals surface area (Å²) in [7, 11) is 0. The molecule has 14 atom stereocenters. The highest BCUT2D eigenvalue weighted by atomic mass is 16.7. The molecule has 12 heteroatoms. The Balaban J connectivity index is 1.28. The van der Waals surface area contributed by atoms with E-state index in [1.165, 1.54) is 0 Å². The average Bonchev–Trinajstić information content (AvgIpc) is 3.42. The minimum Gasteiger partial charge on any atom is -0.394 e. The van der Waals surface area contributed by atoms with Crippen LogP contribution in [0.25, 0.3) is 0 Å². The molecule has 0 bridgehead atoms. The number of rotatable bonds is 7.